The molecule has 6 heteroatoms. The first kappa shape index (κ1) is 23.6. The van der Waals surface area contributed by atoms with Gasteiger partial charge in [-0.15, -0.1) is 11.8 Å². The molecule has 165 valence electrons. The normalized spacial score (nSPS) is 13.2. The van der Waals surface area contributed by atoms with Crippen LogP contribution in [0.2, 0.25) is 13.1 Å². The lowest BCUT2D eigenvalue weighted by Gasteiger charge is -2.27. The van der Waals surface area contributed by atoms with E-state index in [-0.39, 0.29) is 16.7 Å². The minimum Gasteiger partial charge on any atom is -0.506 e. The molecule has 0 aliphatic rings. The molecule has 1 heterocycles. The van der Waals surface area contributed by atoms with Crippen LogP contribution < -0.4 is 5.56 Å². The fraction of sp³-hybridized carbons (Fsp3) is 0.400. The highest BCUT2D eigenvalue weighted by molar-refractivity contribution is 7.98. The Balaban J connectivity index is 2.35. The van der Waals surface area contributed by atoms with Crippen molar-refractivity contribution in [2.75, 3.05) is 6.26 Å². The monoisotopic (exact) mass is 454 g/mol. The standard InChI is InChI=1S/C25H32NO3SSi/c1-15-13-19-20(14-16(15)2)26(23(28)22(30-6)21(19)27)24(29-31(7)8)17-9-11-18(12-10-17)25(3,4)5/h9-14,24,27H,1-8H3. The molecule has 0 saturated carbocycles. The van der Waals surface area contributed by atoms with E-state index in [4.69, 9.17) is 4.43 Å². The van der Waals surface area contributed by atoms with Gasteiger partial charge in [0.05, 0.1) is 5.52 Å². The molecule has 0 bridgehead atoms. The van der Waals surface area contributed by atoms with E-state index < -0.39 is 15.3 Å². The number of aryl methyl sites for hydroxylation is 2. The molecule has 1 unspecified atom stereocenters. The molecular weight excluding hydrogens is 422 g/mol. The zero-order valence-corrected chi connectivity index (χ0v) is 21.5. The van der Waals surface area contributed by atoms with Gasteiger partial charge in [-0.05, 0) is 67.4 Å². The minimum atomic E-state index is -1.13. The lowest BCUT2D eigenvalue weighted by atomic mass is 9.86. The maximum atomic E-state index is 13.6. The van der Waals surface area contributed by atoms with Gasteiger partial charge in [0.2, 0.25) is 9.04 Å². The number of fused-ring (bicyclic) bond motifs is 1. The van der Waals surface area contributed by atoms with Gasteiger partial charge in [-0.1, -0.05) is 45.0 Å². The molecule has 3 aromatic rings. The van der Waals surface area contributed by atoms with Crippen LogP contribution in [0.3, 0.4) is 0 Å². The Morgan fingerprint density at radius 1 is 1.06 bits per heavy atom. The summed E-state index contributed by atoms with van der Waals surface area (Å²) in [7, 11) is -1.13. The zero-order chi connectivity index (χ0) is 23.1. The number of aromatic hydroxyl groups is 1. The second kappa shape index (κ2) is 8.85. The van der Waals surface area contributed by atoms with Crippen LogP contribution in [0.5, 0.6) is 5.75 Å². The summed E-state index contributed by atoms with van der Waals surface area (Å²) in [6.45, 7) is 14.7. The van der Waals surface area contributed by atoms with Crippen molar-refractivity contribution in [1.29, 1.82) is 0 Å². The van der Waals surface area contributed by atoms with Gasteiger partial charge < -0.3 is 9.53 Å². The third-order valence-corrected chi connectivity index (χ3v) is 7.07. The van der Waals surface area contributed by atoms with E-state index >= 15 is 0 Å². The van der Waals surface area contributed by atoms with Crippen molar-refractivity contribution in [2.45, 2.75) is 64.3 Å². The second-order valence-electron chi connectivity index (χ2n) is 9.26. The fourth-order valence-corrected chi connectivity index (χ4v) is 4.95. The highest BCUT2D eigenvalue weighted by Crippen LogP contribution is 2.36. The van der Waals surface area contributed by atoms with Gasteiger partial charge in [-0.3, -0.25) is 9.36 Å². The predicted octanol–water partition coefficient (Wildman–Crippen LogP) is 6.16. The van der Waals surface area contributed by atoms with Crippen LogP contribution in [0.1, 0.15) is 49.3 Å². The highest BCUT2D eigenvalue weighted by atomic mass is 32.2. The van der Waals surface area contributed by atoms with E-state index in [1.54, 1.807) is 4.57 Å². The third kappa shape index (κ3) is 4.61. The van der Waals surface area contributed by atoms with Crippen LogP contribution in [0.15, 0.2) is 46.1 Å². The quantitative estimate of drug-likeness (QED) is 0.371. The summed E-state index contributed by atoms with van der Waals surface area (Å²) in [5.74, 6) is 0.0483. The number of pyridine rings is 1. The minimum absolute atomic E-state index is 0.0437. The van der Waals surface area contributed by atoms with Crippen LogP contribution in [-0.4, -0.2) is 25.0 Å². The van der Waals surface area contributed by atoms with Crippen molar-refractivity contribution >= 4 is 31.7 Å². The number of hydrogen-bond donors (Lipinski definition) is 1. The Labute approximate surface area is 191 Å². The highest BCUT2D eigenvalue weighted by Gasteiger charge is 2.25. The van der Waals surface area contributed by atoms with Gasteiger partial charge in [0, 0.05) is 10.9 Å². The molecule has 3 rings (SSSR count). The molecule has 1 atom stereocenters. The summed E-state index contributed by atoms with van der Waals surface area (Å²) in [5, 5.41) is 11.5. The van der Waals surface area contributed by atoms with Crippen LogP contribution in [0, 0.1) is 13.8 Å². The number of thioether (sulfide) groups is 1. The molecule has 0 fully saturated rings. The molecule has 0 spiro atoms. The van der Waals surface area contributed by atoms with Crippen molar-refractivity contribution < 1.29 is 9.53 Å². The first-order valence-corrected chi connectivity index (χ1v) is 14.1. The third-order valence-electron chi connectivity index (χ3n) is 5.60. The number of rotatable bonds is 5. The van der Waals surface area contributed by atoms with Crippen LogP contribution >= 0.6 is 11.8 Å². The molecule has 31 heavy (non-hydrogen) atoms. The zero-order valence-electron chi connectivity index (χ0n) is 19.7. The number of hydrogen-bond acceptors (Lipinski definition) is 4. The molecule has 1 radical (unpaired) electrons. The van der Waals surface area contributed by atoms with E-state index in [1.165, 1.54) is 17.3 Å². The van der Waals surface area contributed by atoms with Gasteiger partial charge in [0.15, 0.2) is 6.23 Å². The number of benzene rings is 2. The van der Waals surface area contributed by atoms with E-state index in [9.17, 15) is 9.90 Å². The van der Waals surface area contributed by atoms with E-state index in [0.29, 0.717) is 15.8 Å². The molecule has 4 nitrogen and oxygen atoms in total. The van der Waals surface area contributed by atoms with E-state index in [2.05, 4.69) is 58.1 Å². The second-order valence-corrected chi connectivity index (χ2v) is 12.1. The molecule has 0 aliphatic carbocycles. The van der Waals surface area contributed by atoms with Gasteiger partial charge in [0.1, 0.15) is 10.6 Å². The maximum absolute atomic E-state index is 13.6. The number of nitrogens with zero attached hydrogens (tertiary/aromatic N) is 1. The molecule has 1 N–H and O–H groups in total. The molecule has 0 aliphatic heterocycles. The van der Waals surface area contributed by atoms with Crippen LogP contribution in [0.4, 0.5) is 0 Å². The summed E-state index contributed by atoms with van der Waals surface area (Å²) in [4.78, 5) is 13.9. The molecule has 0 amide bonds. The molecule has 1 aromatic heterocycles. The summed E-state index contributed by atoms with van der Waals surface area (Å²) in [6.07, 6.45) is 1.26. The Kier molecular flexibility index (Phi) is 6.74. The predicted molar refractivity (Wildman–Crippen MR) is 133 cm³/mol. The average molecular weight is 455 g/mol. The molecule has 0 saturated heterocycles. The summed E-state index contributed by atoms with van der Waals surface area (Å²) in [5.41, 5.74) is 4.80. The first-order chi connectivity index (χ1) is 14.5. The SMILES string of the molecule is CSc1c(O)c2cc(C)c(C)cc2n(C(O[Si](C)C)c2ccc(C(C)(C)C)cc2)c1=O. The molecular formula is C25H32NO3SSi. The summed E-state index contributed by atoms with van der Waals surface area (Å²) < 4.78 is 8.14. The lowest BCUT2D eigenvalue weighted by molar-refractivity contribution is 0.175. The Hall–Kier alpha value is -2.02. The van der Waals surface area contributed by atoms with Crippen molar-refractivity contribution in [3.63, 3.8) is 0 Å². The van der Waals surface area contributed by atoms with E-state index in [1.807, 2.05) is 32.2 Å². The van der Waals surface area contributed by atoms with Crippen molar-refractivity contribution in [3.05, 3.63) is 69.0 Å². The topological polar surface area (TPSA) is 51.5 Å². The summed E-state index contributed by atoms with van der Waals surface area (Å²) >= 11 is 1.27. The van der Waals surface area contributed by atoms with E-state index in [0.717, 1.165) is 16.7 Å². The van der Waals surface area contributed by atoms with Crippen LogP contribution in [0.25, 0.3) is 10.9 Å². The average Bonchev–Trinajstić information content (AvgIpc) is 2.68. The van der Waals surface area contributed by atoms with Crippen molar-refractivity contribution in [3.8, 4) is 5.75 Å². The Morgan fingerprint density at radius 3 is 2.16 bits per heavy atom. The van der Waals surface area contributed by atoms with Crippen molar-refractivity contribution in [1.82, 2.24) is 4.57 Å². The lowest BCUT2D eigenvalue weighted by Crippen LogP contribution is -2.31. The smallest absolute Gasteiger partial charge is 0.270 e. The van der Waals surface area contributed by atoms with Gasteiger partial charge in [-0.2, -0.15) is 0 Å². The van der Waals surface area contributed by atoms with Gasteiger partial charge in [-0.25, -0.2) is 0 Å². The Morgan fingerprint density at radius 2 is 1.65 bits per heavy atom. The number of aromatic nitrogens is 1. The Bertz CT molecular complexity index is 1160. The fourth-order valence-electron chi connectivity index (χ4n) is 3.69. The summed E-state index contributed by atoms with van der Waals surface area (Å²) in [6, 6.07) is 12.3. The largest absolute Gasteiger partial charge is 0.506 e. The maximum Gasteiger partial charge on any atom is 0.270 e. The van der Waals surface area contributed by atoms with Gasteiger partial charge >= 0.3 is 0 Å². The van der Waals surface area contributed by atoms with Crippen LogP contribution in [-0.2, 0) is 9.84 Å². The van der Waals surface area contributed by atoms with Crippen molar-refractivity contribution in [2.24, 2.45) is 0 Å². The molecule has 2 aromatic carbocycles. The first-order valence-electron chi connectivity index (χ1n) is 10.5. The van der Waals surface area contributed by atoms with Gasteiger partial charge in [0.25, 0.3) is 5.56 Å².